The van der Waals surface area contributed by atoms with Gasteiger partial charge in [0.1, 0.15) is 11.2 Å². The molecular weight excluding hydrogens is 452 g/mol. The van der Waals surface area contributed by atoms with Crippen LogP contribution in [0.4, 0.5) is 0 Å². The van der Waals surface area contributed by atoms with Gasteiger partial charge in [-0.2, -0.15) is 5.10 Å². The molecule has 1 fully saturated rings. The Labute approximate surface area is 206 Å². The van der Waals surface area contributed by atoms with E-state index < -0.39 is 0 Å². The minimum atomic E-state index is 0.667. The van der Waals surface area contributed by atoms with E-state index in [0.29, 0.717) is 5.82 Å². The summed E-state index contributed by atoms with van der Waals surface area (Å²) in [6.07, 6.45) is 15.5. The Morgan fingerprint density at radius 2 is 1.83 bits per heavy atom. The van der Waals surface area contributed by atoms with Crippen molar-refractivity contribution >= 4 is 21.9 Å². The summed E-state index contributed by atoms with van der Waals surface area (Å²) in [4.78, 5) is 28.7. The van der Waals surface area contributed by atoms with E-state index in [-0.39, 0.29) is 0 Å². The smallest absolute Gasteiger partial charge is 0.159 e. The highest BCUT2D eigenvalue weighted by Gasteiger charge is 2.17. The molecule has 0 spiro atoms. The number of H-pyrrole nitrogens is 2. The van der Waals surface area contributed by atoms with Crippen LogP contribution in [0.5, 0.6) is 0 Å². The normalized spacial score (nSPS) is 14.4. The second-order valence-corrected chi connectivity index (χ2v) is 9.31. The lowest BCUT2D eigenvalue weighted by Gasteiger charge is -2.14. The zero-order chi connectivity index (χ0) is 24.1. The van der Waals surface area contributed by atoms with Crippen LogP contribution in [0.3, 0.4) is 0 Å². The minimum absolute atomic E-state index is 0.667. The second-order valence-electron chi connectivity index (χ2n) is 9.31. The number of rotatable bonds is 5. The molecule has 1 aliphatic rings. The van der Waals surface area contributed by atoms with Gasteiger partial charge in [-0.25, -0.2) is 9.97 Å². The average Bonchev–Trinajstić information content (AvgIpc) is 3.70. The first-order chi connectivity index (χ1) is 17.7. The highest BCUT2D eigenvalue weighted by atomic mass is 15.1. The maximum absolute atomic E-state index is 4.90. The van der Waals surface area contributed by atoms with Crippen molar-refractivity contribution in [3.05, 3.63) is 66.9 Å². The van der Waals surface area contributed by atoms with Gasteiger partial charge in [-0.15, -0.1) is 0 Å². The van der Waals surface area contributed by atoms with Crippen molar-refractivity contribution in [3.63, 3.8) is 0 Å². The number of nitrogens with zero attached hydrogens (tertiary/aromatic N) is 8. The summed E-state index contributed by atoms with van der Waals surface area (Å²) < 4.78 is 1.93. The lowest BCUT2D eigenvalue weighted by molar-refractivity contribution is 0.331. The first kappa shape index (κ1) is 20.9. The Balaban J connectivity index is 1.28. The Morgan fingerprint density at radius 1 is 0.944 bits per heavy atom. The molecule has 0 atom stereocenters. The Kier molecular flexibility index (Phi) is 4.84. The number of fused-ring (bicyclic) bond motifs is 2. The van der Waals surface area contributed by atoms with Crippen molar-refractivity contribution < 1.29 is 0 Å². The Bertz CT molecular complexity index is 1700. The van der Waals surface area contributed by atoms with Crippen LogP contribution in [-0.4, -0.2) is 62.7 Å². The van der Waals surface area contributed by atoms with E-state index in [1.165, 1.54) is 18.4 Å². The molecule has 7 rings (SSSR count). The zero-order valence-electron chi connectivity index (χ0n) is 19.8. The fourth-order valence-corrected chi connectivity index (χ4v) is 4.94. The number of nitrogens with one attached hydrogen (secondary N) is 2. The lowest BCUT2D eigenvalue weighted by Crippen LogP contribution is -2.18. The van der Waals surface area contributed by atoms with E-state index in [4.69, 9.17) is 4.98 Å². The van der Waals surface area contributed by atoms with E-state index in [1.807, 2.05) is 36.3 Å². The van der Waals surface area contributed by atoms with Crippen LogP contribution in [0.15, 0.2) is 55.6 Å². The predicted octanol–water partition coefficient (Wildman–Crippen LogP) is 4.05. The number of hydrogen-bond acceptors (Lipinski definition) is 7. The molecule has 10 nitrogen and oxygen atoms in total. The van der Waals surface area contributed by atoms with Crippen molar-refractivity contribution in [2.75, 3.05) is 13.1 Å². The fourth-order valence-electron chi connectivity index (χ4n) is 4.94. The number of likely N-dealkylation sites (tertiary alicyclic amines) is 1. The quantitative estimate of drug-likeness (QED) is 0.385. The number of aromatic amines is 2. The monoisotopic (exact) mass is 476 g/mol. The average molecular weight is 477 g/mol. The maximum atomic E-state index is 4.90. The molecule has 0 amide bonds. The summed E-state index contributed by atoms with van der Waals surface area (Å²) >= 11 is 0. The molecule has 1 aliphatic heterocycles. The van der Waals surface area contributed by atoms with Crippen molar-refractivity contribution in [3.8, 4) is 28.5 Å². The van der Waals surface area contributed by atoms with Crippen molar-refractivity contribution in [1.29, 1.82) is 0 Å². The summed E-state index contributed by atoms with van der Waals surface area (Å²) in [6.45, 7) is 5.19. The number of aryl methyl sites for hydroxylation is 1. The van der Waals surface area contributed by atoms with Gasteiger partial charge < -0.3 is 9.55 Å². The van der Waals surface area contributed by atoms with E-state index in [0.717, 1.165) is 69.9 Å². The van der Waals surface area contributed by atoms with Crippen LogP contribution in [0, 0.1) is 6.92 Å². The molecule has 0 aliphatic carbocycles. The highest BCUT2D eigenvalue weighted by molar-refractivity contribution is 5.95. The third-order valence-electron chi connectivity index (χ3n) is 6.73. The molecule has 36 heavy (non-hydrogen) atoms. The van der Waals surface area contributed by atoms with Crippen molar-refractivity contribution in [2.24, 2.45) is 0 Å². The van der Waals surface area contributed by atoms with Crippen LogP contribution >= 0.6 is 0 Å². The van der Waals surface area contributed by atoms with Gasteiger partial charge in [-0.3, -0.25) is 25.0 Å². The van der Waals surface area contributed by atoms with Gasteiger partial charge in [0.05, 0.1) is 53.0 Å². The molecule has 178 valence electrons. The van der Waals surface area contributed by atoms with Gasteiger partial charge in [0, 0.05) is 36.1 Å². The summed E-state index contributed by atoms with van der Waals surface area (Å²) in [6, 6.07) is 4.24. The number of pyridine rings is 3. The molecule has 2 N–H and O–H groups in total. The van der Waals surface area contributed by atoms with E-state index >= 15 is 0 Å². The predicted molar refractivity (Wildman–Crippen MR) is 136 cm³/mol. The van der Waals surface area contributed by atoms with Crippen molar-refractivity contribution in [2.45, 2.75) is 26.3 Å². The summed E-state index contributed by atoms with van der Waals surface area (Å²) in [7, 11) is 0. The molecule has 1 saturated heterocycles. The van der Waals surface area contributed by atoms with Crippen molar-refractivity contribution in [1.82, 2.24) is 49.6 Å². The van der Waals surface area contributed by atoms with Gasteiger partial charge in [0.15, 0.2) is 5.82 Å². The third kappa shape index (κ3) is 3.62. The van der Waals surface area contributed by atoms with Gasteiger partial charge in [0.25, 0.3) is 0 Å². The molecule has 0 unspecified atom stereocenters. The maximum Gasteiger partial charge on any atom is 0.159 e. The second kappa shape index (κ2) is 8.35. The molecular formula is C26H24N10. The summed E-state index contributed by atoms with van der Waals surface area (Å²) in [5.74, 6) is 0.667. The van der Waals surface area contributed by atoms with Gasteiger partial charge in [0.2, 0.25) is 0 Å². The zero-order valence-corrected chi connectivity index (χ0v) is 19.8. The van der Waals surface area contributed by atoms with E-state index in [1.54, 1.807) is 18.7 Å². The molecule has 6 aromatic heterocycles. The van der Waals surface area contributed by atoms with Crippen LogP contribution in [0.25, 0.3) is 50.4 Å². The van der Waals surface area contributed by atoms with Gasteiger partial charge >= 0.3 is 0 Å². The molecule has 10 heteroatoms. The lowest BCUT2D eigenvalue weighted by atomic mass is 10.1. The third-order valence-corrected chi connectivity index (χ3v) is 6.73. The van der Waals surface area contributed by atoms with Gasteiger partial charge in [-0.1, -0.05) is 0 Å². The largest absolute Gasteiger partial charge is 0.335 e. The van der Waals surface area contributed by atoms with Crippen LogP contribution in [0.2, 0.25) is 0 Å². The number of hydrogen-bond donors (Lipinski definition) is 2. The Morgan fingerprint density at radius 3 is 2.69 bits per heavy atom. The molecule has 0 aromatic carbocycles. The summed E-state index contributed by atoms with van der Waals surface area (Å²) in [5, 5.41) is 8.60. The first-order valence-electron chi connectivity index (χ1n) is 12.1. The topological polar surface area (TPSA) is 117 Å². The SMILES string of the molecule is Cc1cn(-c2cncc3[nH]c(-c4n[nH]c5cnc(-c6cncc(CN7CCCC7)c6)cc45)nc23)cn1. The minimum Gasteiger partial charge on any atom is -0.335 e. The van der Waals surface area contributed by atoms with Gasteiger partial charge in [-0.05, 0) is 50.6 Å². The standard InChI is InChI=1S/C26H24N10/c1-16-13-36(15-30-16)23-12-28-10-22-25(23)32-26(31-22)24-19-7-20(29-11-21(19)33-34-24)18-6-17(8-27-9-18)14-35-4-2-3-5-35/h6-13,15H,2-5,14H2,1H3,(H,31,32)(H,33,34). The molecule has 0 saturated carbocycles. The number of aromatic nitrogens is 9. The first-order valence-corrected chi connectivity index (χ1v) is 12.1. The fraction of sp³-hybridized carbons (Fsp3) is 0.231. The van der Waals surface area contributed by atoms with Crippen LogP contribution < -0.4 is 0 Å². The van der Waals surface area contributed by atoms with E-state index in [2.05, 4.69) is 52.1 Å². The molecule has 0 radical (unpaired) electrons. The van der Waals surface area contributed by atoms with Crippen LogP contribution in [0.1, 0.15) is 24.1 Å². The number of imidazole rings is 2. The van der Waals surface area contributed by atoms with E-state index in [9.17, 15) is 0 Å². The Hall–Kier alpha value is -4.44. The summed E-state index contributed by atoms with van der Waals surface area (Å²) in [5.41, 5.74) is 8.06. The molecule has 0 bridgehead atoms. The van der Waals surface area contributed by atoms with Crippen LogP contribution in [-0.2, 0) is 6.54 Å². The molecule has 7 heterocycles. The highest BCUT2D eigenvalue weighted by Crippen LogP contribution is 2.30. The molecule has 6 aromatic rings.